The van der Waals surface area contributed by atoms with Gasteiger partial charge >= 0.3 is 0 Å². The van der Waals surface area contributed by atoms with Crippen LogP contribution in [0.15, 0.2) is 0 Å². The summed E-state index contributed by atoms with van der Waals surface area (Å²) in [6, 6.07) is -0.167. The molecule has 0 bridgehead atoms. The van der Waals surface area contributed by atoms with Crippen LogP contribution in [0.5, 0.6) is 0 Å². The van der Waals surface area contributed by atoms with Crippen LogP contribution in [0.1, 0.15) is 6.92 Å². The largest absolute Gasteiger partial charge is 0.354 e. The third kappa shape index (κ3) is 4.40. The van der Waals surface area contributed by atoms with Crippen LogP contribution in [0.25, 0.3) is 0 Å². The Hall–Kier alpha value is -0.270. The molecule has 1 heterocycles. The molecule has 1 aliphatic rings. The van der Waals surface area contributed by atoms with Crippen LogP contribution < -0.4 is 10.6 Å². The van der Waals surface area contributed by atoms with Crippen molar-refractivity contribution in [2.24, 2.45) is 0 Å². The molecule has 0 aromatic carbocycles. The number of hydrogen-bond donors (Lipinski definition) is 2. The van der Waals surface area contributed by atoms with Gasteiger partial charge in [-0.25, -0.2) is 8.42 Å². The summed E-state index contributed by atoms with van der Waals surface area (Å²) in [6.07, 6.45) is 0. The molecule has 2 N–H and O–H groups in total. The maximum Gasteiger partial charge on any atom is 0.238 e. The molecule has 1 aliphatic heterocycles. The maximum atomic E-state index is 11.4. The number of hydrogen-bond acceptors (Lipinski definition) is 5. The summed E-state index contributed by atoms with van der Waals surface area (Å²) in [4.78, 5) is 11.4. The summed E-state index contributed by atoms with van der Waals surface area (Å²) < 4.78 is 22.3. The lowest BCUT2D eigenvalue weighted by atomic mass is 10.3. The van der Waals surface area contributed by atoms with E-state index in [4.69, 9.17) is 0 Å². The van der Waals surface area contributed by atoms with Crippen LogP contribution in [0.4, 0.5) is 0 Å². The second-order valence-corrected chi connectivity index (χ2v) is 6.80. The summed E-state index contributed by atoms with van der Waals surface area (Å²) in [7, 11) is -2.98. The fourth-order valence-electron chi connectivity index (χ4n) is 1.16. The molecule has 0 aromatic heterocycles. The Morgan fingerprint density at radius 3 is 2.87 bits per heavy atom. The van der Waals surface area contributed by atoms with E-state index < -0.39 is 9.84 Å². The number of carbonyl (C=O) groups is 1. The van der Waals surface area contributed by atoms with Gasteiger partial charge in [0.15, 0.2) is 9.84 Å². The van der Waals surface area contributed by atoms with Gasteiger partial charge in [0.25, 0.3) is 0 Å². The number of sulfone groups is 1. The number of nitrogens with one attached hydrogen (secondary N) is 2. The summed E-state index contributed by atoms with van der Waals surface area (Å²) in [5, 5.41) is 5.64. The highest BCUT2D eigenvalue weighted by molar-refractivity contribution is 7.99. The van der Waals surface area contributed by atoms with E-state index in [2.05, 4.69) is 10.6 Å². The van der Waals surface area contributed by atoms with Crippen molar-refractivity contribution in [2.45, 2.75) is 13.0 Å². The van der Waals surface area contributed by atoms with Crippen LogP contribution in [0.3, 0.4) is 0 Å². The highest BCUT2D eigenvalue weighted by Crippen LogP contribution is 2.08. The molecule has 5 nitrogen and oxygen atoms in total. The molecule has 0 aromatic rings. The van der Waals surface area contributed by atoms with E-state index in [9.17, 15) is 13.2 Å². The zero-order valence-corrected chi connectivity index (χ0v) is 10.3. The highest BCUT2D eigenvalue weighted by Gasteiger charge is 2.22. The quantitative estimate of drug-likeness (QED) is 0.670. The molecule has 0 radical (unpaired) electrons. The topological polar surface area (TPSA) is 75.3 Å². The van der Waals surface area contributed by atoms with Crippen molar-refractivity contribution >= 4 is 27.5 Å². The fourth-order valence-corrected chi connectivity index (χ4v) is 2.80. The lowest BCUT2D eigenvalue weighted by Crippen LogP contribution is -2.43. The van der Waals surface area contributed by atoms with Crippen molar-refractivity contribution < 1.29 is 13.2 Å². The van der Waals surface area contributed by atoms with Gasteiger partial charge in [0.05, 0.1) is 11.8 Å². The predicted octanol–water partition coefficient (Wildman–Crippen LogP) is -0.800. The molecular weight excluding hydrogens is 236 g/mol. The van der Waals surface area contributed by atoms with Crippen molar-refractivity contribution in [2.75, 3.05) is 29.7 Å². The van der Waals surface area contributed by atoms with Crippen molar-refractivity contribution in [3.05, 3.63) is 0 Å². The van der Waals surface area contributed by atoms with Gasteiger partial charge in [0.1, 0.15) is 0 Å². The second-order valence-electron chi connectivity index (χ2n) is 3.30. The average molecular weight is 252 g/mol. The van der Waals surface area contributed by atoms with E-state index >= 15 is 0 Å². The zero-order chi connectivity index (χ0) is 11.3. The number of thioether (sulfide) groups is 1. The molecular formula is C8H16N2O3S2. The summed E-state index contributed by atoms with van der Waals surface area (Å²) in [6.45, 7) is 1.81. The van der Waals surface area contributed by atoms with Gasteiger partial charge in [-0.15, -0.1) is 11.8 Å². The Bertz CT molecular complexity index is 310. The van der Waals surface area contributed by atoms with E-state index in [0.29, 0.717) is 0 Å². The van der Waals surface area contributed by atoms with Crippen LogP contribution in [-0.4, -0.2) is 50.0 Å². The standard InChI is InChI=1S/C8H16N2O3S2/c1-2-15(12,13)4-3-9-8(11)7-5-14-6-10-7/h7,10H,2-6H2,1H3,(H,9,11). The molecule has 1 fully saturated rings. The van der Waals surface area contributed by atoms with Crippen molar-refractivity contribution in [1.29, 1.82) is 0 Å². The zero-order valence-electron chi connectivity index (χ0n) is 8.65. The van der Waals surface area contributed by atoms with Crippen molar-refractivity contribution in [1.82, 2.24) is 10.6 Å². The Morgan fingerprint density at radius 1 is 1.60 bits per heavy atom. The van der Waals surface area contributed by atoms with E-state index in [0.717, 1.165) is 11.6 Å². The molecule has 1 unspecified atom stereocenters. The normalized spacial score (nSPS) is 21.5. The molecule has 1 atom stereocenters. The second kappa shape index (κ2) is 5.72. The van der Waals surface area contributed by atoms with Gasteiger partial charge in [-0.05, 0) is 0 Å². The Balaban J connectivity index is 2.22. The predicted molar refractivity (Wildman–Crippen MR) is 61.6 cm³/mol. The number of carbonyl (C=O) groups excluding carboxylic acids is 1. The van der Waals surface area contributed by atoms with Gasteiger partial charge < -0.3 is 5.32 Å². The minimum Gasteiger partial charge on any atom is -0.354 e. The molecule has 0 spiro atoms. The minimum absolute atomic E-state index is 0.0229. The smallest absolute Gasteiger partial charge is 0.238 e. The lowest BCUT2D eigenvalue weighted by Gasteiger charge is -2.09. The summed E-state index contributed by atoms with van der Waals surface area (Å²) in [5.41, 5.74) is 0. The summed E-state index contributed by atoms with van der Waals surface area (Å²) in [5.74, 6) is 1.58. The third-order valence-electron chi connectivity index (χ3n) is 2.18. The molecule has 0 aliphatic carbocycles. The van der Waals surface area contributed by atoms with E-state index in [-0.39, 0.29) is 30.0 Å². The Labute approximate surface area is 94.3 Å². The first-order valence-corrected chi connectivity index (χ1v) is 7.82. The van der Waals surface area contributed by atoms with Crippen LogP contribution in [0, 0.1) is 0 Å². The van der Waals surface area contributed by atoms with Crippen LogP contribution in [-0.2, 0) is 14.6 Å². The molecule has 15 heavy (non-hydrogen) atoms. The molecule has 88 valence electrons. The van der Waals surface area contributed by atoms with E-state index in [1.54, 1.807) is 18.7 Å². The summed E-state index contributed by atoms with van der Waals surface area (Å²) >= 11 is 1.66. The molecule has 0 saturated carbocycles. The van der Waals surface area contributed by atoms with Gasteiger partial charge in [-0.1, -0.05) is 6.92 Å². The third-order valence-corrected chi connectivity index (χ3v) is 4.83. The van der Waals surface area contributed by atoms with Gasteiger partial charge in [0, 0.05) is 23.9 Å². The first-order valence-electron chi connectivity index (χ1n) is 4.84. The number of rotatable bonds is 5. The van der Waals surface area contributed by atoms with Gasteiger partial charge in [-0.3, -0.25) is 10.1 Å². The van der Waals surface area contributed by atoms with E-state index in [1.807, 2.05) is 0 Å². The van der Waals surface area contributed by atoms with Crippen molar-refractivity contribution in [3.63, 3.8) is 0 Å². The Kier molecular flexibility index (Phi) is 4.88. The lowest BCUT2D eigenvalue weighted by molar-refractivity contribution is -0.122. The molecule has 1 amide bonds. The maximum absolute atomic E-state index is 11.4. The first-order chi connectivity index (χ1) is 7.05. The molecule has 7 heteroatoms. The van der Waals surface area contributed by atoms with Gasteiger partial charge in [-0.2, -0.15) is 0 Å². The van der Waals surface area contributed by atoms with Crippen LogP contribution >= 0.6 is 11.8 Å². The van der Waals surface area contributed by atoms with Crippen molar-refractivity contribution in [3.8, 4) is 0 Å². The SMILES string of the molecule is CCS(=O)(=O)CCNC(=O)C1CSCN1. The fraction of sp³-hybridized carbons (Fsp3) is 0.875. The van der Waals surface area contributed by atoms with Gasteiger partial charge in [0.2, 0.25) is 5.91 Å². The number of amides is 1. The van der Waals surface area contributed by atoms with Crippen LogP contribution in [0.2, 0.25) is 0 Å². The monoisotopic (exact) mass is 252 g/mol. The minimum atomic E-state index is -2.98. The highest BCUT2D eigenvalue weighted by atomic mass is 32.2. The molecule has 1 rings (SSSR count). The van der Waals surface area contributed by atoms with E-state index in [1.165, 1.54) is 0 Å². The molecule has 1 saturated heterocycles. The average Bonchev–Trinajstić information content (AvgIpc) is 2.70. The Morgan fingerprint density at radius 2 is 2.33 bits per heavy atom. The first kappa shape index (κ1) is 12.8.